The summed E-state index contributed by atoms with van der Waals surface area (Å²) < 4.78 is 5.87. The van der Waals surface area contributed by atoms with E-state index in [9.17, 15) is 4.79 Å². The number of rotatable bonds is 6. The van der Waals surface area contributed by atoms with Gasteiger partial charge in [0.05, 0.1) is 26.3 Å². The van der Waals surface area contributed by atoms with Crippen LogP contribution in [0.15, 0.2) is 113 Å². The van der Waals surface area contributed by atoms with Crippen molar-refractivity contribution in [2.75, 3.05) is 4.90 Å². The van der Waals surface area contributed by atoms with Crippen molar-refractivity contribution in [3.63, 3.8) is 0 Å². The number of hydrogen-bond acceptors (Lipinski definition) is 4. The monoisotopic (exact) mass is 530 g/mol. The van der Waals surface area contributed by atoms with Crippen LogP contribution in [0.4, 0.5) is 11.4 Å². The Morgan fingerprint density at radius 2 is 1.42 bits per heavy atom. The van der Waals surface area contributed by atoms with E-state index in [2.05, 4.69) is 0 Å². The predicted octanol–water partition coefficient (Wildman–Crippen LogP) is 8.38. The maximum absolute atomic E-state index is 13.5. The molecule has 178 valence electrons. The Labute approximate surface area is 223 Å². The molecule has 0 saturated carbocycles. The van der Waals surface area contributed by atoms with Crippen LogP contribution in [0.25, 0.3) is 6.08 Å². The summed E-state index contributed by atoms with van der Waals surface area (Å²) in [5, 5.41) is 1.32. The molecule has 0 bridgehead atoms. The topological polar surface area (TPSA) is 41.9 Å². The smallest absolute Gasteiger partial charge is 0.271 e. The van der Waals surface area contributed by atoms with Gasteiger partial charge in [-0.25, -0.2) is 4.99 Å². The highest BCUT2D eigenvalue weighted by molar-refractivity contribution is 8.19. The highest BCUT2D eigenvalue weighted by Gasteiger charge is 2.34. The number of carbonyl (C=O) groups is 1. The van der Waals surface area contributed by atoms with E-state index in [1.807, 2.05) is 91.0 Å². The fourth-order valence-corrected chi connectivity index (χ4v) is 5.26. The third-order valence-corrected chi connectivity index (χ3v) is 6.88. The Balaban J connectivity index is 1.45. The molecule has 0 aromatic heterocycles. The minimum Gasteiger partial charge on any atom is -0.486 e. The van der Waals surface area contributed by atoms with E-state index in [1.54, 1.807) is 23.1 Å². The molecule has 1 saturated heterocycles. The molecule has 1 amide bonds. The van der Waals surface area contributed by atoms with Gasteiger partial charge in [-0.05, 0) is 65.4 Å². The molecule has 7 heteroatoms. The number of anilines is 1. The Bertz CT molecular complexity index is 1420. The molecular weight excluding hydrogens is 511 g/mol. The second-order valence-electron chi connectivity index (χ2n) is 7.90. The third-order valence-electron chi connectivity index (χ3n) is 5.35. The number of nitrogens with zero attached hydrogens (tertiary/aromatic N) is 2. The number of halogens is 2. The summed E-state index contributed by atoms with van der Waals surface area (Å²) in [7, 11) is 0. The van der Waals surface area contributed by atoms with Crippen molar-refractivity contribution >= 4 is 63.5 Å². The van der Waals surface area contributed by atoms with Gasteiger partial charge in [0.25, 0.3) is 5.91 Å². The van der Waals surface area contributed by atoms with E-state index in [0.29, 0.717) is 38.0 Å². The second-order valence-corrected chi connectivity index (χ2v) is 9.73. The molecule has 4 aromatic carbocycles. The molecule has 4 aromatic rings. The Morgan fingerprint density at radius 3 is 2.06 bits per heavy atom. The zero-order chi connectivity index (χ0) is 24.9. The van der Waals surface area contributed by atoms with Crippen molar-refractivity contribution in [3.05, 3.63) is 129 Å². The SMILES string of the molecule is O=C1/C(=C\c2cc(Cl)c(OCc3ccccc3)c(Cl)c2)SC(=Nc2ccccc2)N1c1ccccc1. The first-order valence-electron chi connectivity index (χ1n) is 11.2. The zero-order valence-corrected chi connectivity index (χ0v) is 21.3. The summed E-state index contributed by atoms with van der Waals surface area (Å²) in [6, 6.07) is 32.3. The fraction of sp³-hybridized carbons (Fsp3) is 0.0345. The molecule has 5 rings (SSSR count). The summed E-state index contributed by atoms with van der Waals surface area (Å²) >= 11 is 14.3. The number of amides is 1. The molecule has 1 aliphatic heterocycles. The van der Waals surface area contributed by atoms with E-state index >= 15 is 0 Å². The minimum atomic E-state index is -0.169. The van der Waals surface area contributed by atoms with Gasteiger partial charge in [0.1, 0.15) is 6.61 Å². The molecule has 4 nitrogen and oxygen atoms in total. The normalized spacial score (nSPS) is 15.6. The van der Waals surface area contributed by atoms with Crippen LogP contribution in [0, 0.1) is 0 Å². The second kappa shape index (κ2) is 11.0. The van der Waals surface area contributed by atoms with Gasteiger partial charge < -0.3 is 4.74 Å². The number of ether oxygens (including phenoxy) is 1. The molecule has 0 aliphatic carbocycles. The van der Waals surface area contributed by atoms with Gasteiger partial charge in [0.2, 0.25) is 0 Å². The van der Waals surface area contributed by atoms with Crippen molar-refractivity contribution in [2.24, 2.45) is 4.99 Å². The third kappa shape index (κ3) is 5.49. The predicted molar refractivity (Wildman–Crippen MR) is 150 cm³/mol. The minimum absolute atomic E-state index is 0.169. The van der Waals surface area contributed by atoms with E-state index in [-0.39, 0.29) is 5.91 Å². The average molecular weight is 531 g/mol. The Hall–Kier alpha value is -3.51. The van der Waals surface area contributed by atoms with Crippen molar-refractivity contribution < 1.29 is 9.53 Å². The van der Waals surface area contributed by atoms with Gasteiger partial charge in [-0.3, -0.25) is 9.69 Å². The molecule has 1 fully saturated rings. The van der Waals surface area contributed by atoms with Crippen LogP contribution in [0.2, 0.25) is 10.0 Å². The summed E-state index contributed by atoms with van der Waals surface area (Å²) in [5.74, 6) is 0.240. The fourth-order valence-electron chi connectivity index (χ4n) is 3.65. The van der Waals surface area contributed by atoms with E-state index in [0.717, 1.165) is 16.9 Å². The number of hydrogen-bond donors (Lipinski definition) is 0. The molecular formula is C29H20Cl2N2O2S. The highest BCUT2D eigenvalue weighted by Crippen LogP contribution is 2.39. The standard InChI is InChI=1S/C29H20Cl2N2O2S/c30-24-16-21(17-25(31)27(24)35-19-20-10-4-1-5-11-20)18-26-28(34)33(23-14-8-3-9-15-23)29(36-26)32-22-12-6-2-7-13-22/h1-18H,19H2/b26-18+,32-29?. The van der Waals surface area contributed by atoms with Crippen molar-refractivity contribution in [1.29, 1.82) is 0 Å². The molecule has 0 unspecified atom stereocenters. The lowest BCUT2D eigenvalue weighted by molar-refractivity contribution is -0.113. The number of benzene rings is 4. The average Bonchev–Trinajstić information content (AvgIpc) is 3.19. The van der Waals surface area contributed by atoms with Gasteiger partial charge in [-0.15, -0.1) is 0 Å². The maximum atomic E-state index is 13.5. The van der Waals surface area contributed by atoms with Crippen LogP contribution in [0.3, 0.4) is 0 Å². The van der Waals surface area contributed by atoms with Crippen LogP contribution < -0.4 is 9.64 Å². The highest BCUT2D eigenvalue weighted by atomic mass is 35.5. The largest absolute Gasteiger partial charge is 0.486 e. The molecule has 36 heavy (non-hydrogen) atoms. The number of amidine groups is 1. The van der Waals surface area contributed by atoms with Crippen molar-refractivity contribution in [3.8, 4) is 5.75 Å². The van der Waals surface area contributed by atoms with E-state index in [1.165, 1.54) is 11.8 Å². The number of thioether (sulfide) groups is 1. The number of carbonyl (C=O) groups excluding carboxylic acids is 1. The number of para-hydroxylation sites is 2. The first-order valence-corrected chi connectivity index (χ1v) is 12.7. The molecule has 1 heterocycles. The first-order chi connectivity index (χ1) is 17.6. The van der Waals surface area contributed by atoms with Crippen LogP contribution in [0.5, 0.6) is 5.75 Å². The molecule has 1 aliphatic rings. The molecule has 0 radical (unpaired) electrons. The lowest BCUT2D eigenvalue weighted by atomic mass is 10.2. The summed E-state index contributed by atoms with van der Waals surface area (Å²) in [6.07, 6.45) is 1.77. The van der Waals surface area contributed by atoms with Gasteiger partial charge in [-0.2, -0.15) is 0 Å². The summed E-state index contributed by atoms with van der Waals surface area (Å²) in [5.41, 5.74) is 3.21. The lowest BCUT2D eigenvalue weighted by Gasteiger charge is -2.15. The van der Waals surface area contributed by atoms with Crippen molar-refractivity contribution in [2.45, 2.75) is 6.61 Å². The quantitative estimate of drug-likeness (QED) is 0.235. The van der Waals surface area contributed by atoms with Crippen LogP contribution >= 0.6 is 35.0 Å². The molecule has 0 spiro atoms. The first kappa shape index (κ1) is 24.2. The maximum Gasteiger partial charge on any atom is 0.271 e. The van der Waals surface area contributed by atoms with E-state index in [4.69, 9.17) is 32.9 Å². The van der Waals surface area contributed by atoms with Crippen LogP contribution in [0.1, 0.15) is 11.1 Å². The molecule has 0 atom stereocenters. The summed E-state index contributed by atoms with van der Waals surface area (Å²) in [4.78, 5) is 20.3. The van der Waals surface area contributed by atoms with Crippen LogP contribution in [-0.2, 0) is 11.4 Å². The zero-order valence-electron chi connectivity index (χ0n) is 19.0. The van der Waals surface area contributed by atoms with Crippen LogP contribution in [-0.4, -0.2) is 11.1 Å². The Morgan fingerprint density at radius 1 is 0.833 bits per heavy atom. The number of aliphatic imine (C=N–C) groups is 1. The van der Waals surface area contributed by atoms with Gasteiger partial charge in [0, 0.05) is 0 Å². The molecule has 0 N–H and O–H groups in total. The Kier molecular flexibility index (Phi) is 7.42. The van der Waals surface area contributed by atoms with Crippen molar-refractivity contribution in [1.82, 2.24) is 0 Å². The lowest BCUT2D eigenvalue weighted by Crippen LogP contribution is -2.28. The van der Waals surface area contributed by atoms with E-state index < -0.39 is 0 Å². The summed E-state index contributed by atoms with van der Waals surface area (Å²) in [6.45, 7) is 0.348. The van der Waals surface area contributed by atoms with Gasteiger partial charge in [-0.1, -0.05) is 89.9 Å². The van der Waals surface area contributed by atoms with Gasteiger partial charge in [0.15, 0.2) is 10.9 Å². The van der Waals surface area contributed by atoms with Gasteiger partial charge >= 0.3 is 0 Å².